The fourth-order valence-electron chi connectivity index (χ4n) is 2.25. The van der Waals surface area contributed by atoms with Gasteiger partial charge in [0.15, 0.2) is 11.6 Å². The molecular weight excluding hydrogens is 228 g/mol. The molecule has 1 N–H and O–H groups in total. The van der Waals surface area contributed by atoms with Crippen LogP contribution in [0.1, 0.15) is 26.7 Å². The van der Waals surface area contributed by atoms with Crippen molar-refractivity contribution < 1.29 is 28.9 Å². The van der Waals surface area contributed by atoms with E-state index in [2.05, 4.69) is 0 Å². The molecule has 0 aliphatic carbocycles. The normalized spacial score (nSPS) is 36.4. The first-order valence-corrected chi connectivity index (χ1v) is 5.61. The lowest BCUT2D eigenvalue weighted by Gasteiger charge is -2.20. The lowest BCUT2D eigenvalue weighted by atomic mass is 10.0. The molecule has 2 fully saturated rings. The minimum absolute atomic E-state index is 0.0494. The molecule has 2 aliphatic rings. The van der Waals surface area contributed by atoms with Gasteiger partial charge >= 0.3 is 5.97 Å². The Balaban J connectivity index is 2.12. The number of aliphatic carboxylic acids is 1. The molecular formula is C11H16O6. The zero-order valence-electron chi connectivity index (χ0n) is 9.84. The largest absolute Gasteiger partial charge is 0.481 e. The average molecular weight is 244 g/mol. The third-order valence-corrected chi connectivity index (χ3v) is 2.86. The maximum absolute atomic E-state index is 11.6. The monoisotopic (exact) mass is 244 g/mol. The highest BCUT2D eigenvalue weighted by molar-refractivity contribution is 5.85. The third kappa shape index (κ3) is 2.65. The lowest BCUT2D eigenvalue weighted by molar-refractivity contribution is -0.160. The maximum Gasteiger partial charge on any atom is 0.306 e. The molecule has 2 saturated heterocycles. The second-order valence-corrected chi connectivity index (χ2v) is 4.74. The molecule has 0 bridgehead atoms. The van der Waals surface area contributed by atoms with Crippen LogP contribution in [0.2, 0.25) is 0 Å². The number of carbonyl (C=O) groups is 2. The quantitative estimate of drug-likeness (QED) is 0.770. The van der Waals surface area contributed by atoms with Gasteiger partial charge in [-0.05, 0) is 13.8 Å². The zero-order chi connectivity index (χ0) is 12.6. The summed E-state index contributed by atoms with van der Waals surface area (Å²) in [6.07, 6.45) is -1.81. The van der Waals surface area contributed by atoms with E-state index in [4.69, 9.17) is 19.3 Å². The Morgan fingerprint density at radius 3 is 2.71 bits per heavy atom. The first kappa shape index (κ1) is 12.5. The summed E-state index contributed by atoms with van der Waals surface area (Å²) in [5.74, 6) is -1.91. The van der Waals surface area contributed by atoms with Gasteiger partial charge in [0.05, 0.1) is 13.0 Å². The molecule has 17 heavy (non-hydrogen) atoms. The highest BCUT2D eigenvalue weighted by Gasteiger charge is 2.49. The Hall–Kier alpha value is -0.980. The van der Waals surface area contributed by atoms with Gasteiger partial charge in [0.25, 0.3) is 0 Å². The Kier molecular flexibility index (Phi) is 3.20. The molecule has 0 unspecified atom stereocenters. The standard InChI is InChI=1S/C11H16O6/c1-11(2)16-7(5-8(13)14)10(17-11)9-6(12)3-4-15-9/h7,9-10H,3-5H2,1-2H3,(H,13,14)/t7-,9+,10-/m1/s1. The number of hydrogen-bond acceptors (Lipinski definition) is 5. The van der Waals surface area contributed by atoms with E-state index in [1.165, 1.54) is 0 Å². The molecule has 2 rings (SSSR count). The summed E-state index contributed by atoms with van der Waals surface area (Å²) >= 11 is 0. The fourth-order valence-corrected chi connectivity index (χ4v) is 2.25. The van der Waals surface area contributed by atoms with Crippen molar-refractivity contribution in [3.8, 4) is 0 Å². The van der Waals surface area contributed by atoms with Crippen molar-refractivity contribution in [2.45, 2.75) is 50.8 Å². The molecule has 6 nitrogen and oxygen atoms in total. The smallest absolute Gasteiger partial charge is 0.306 e. The average Bonchev–Trinajstić information content (AvgIpc) is 2.69. The van der Waals surface area contributed by atoms with Crippen LogP contribution in [0, 0.1) is 0 Å². The molecule has 3 atom stereocenters. The summed E-state index contributed by atoms with van der Waals surface area (Å²) < 4.78 is 16.4. The topological polar surface area (TPSA) is 82.1 Å². The van der Waals surface area contributed by atoms with Crippen molar-refractivity contribution in [1.82, 2.24) is 0 Å². The highest BCUT2D eigenvalue weighted by Crippen LogP contribution is 2.34. The van der Waals surface area contributed by atoms with Crippen molar-refractivity contribution in [1.29, 1.82) is 0 Å². The van der Waals surface area contributed by atoms with Crippen molar-refractivity contribution >= 4 is 11.8 Å². The van der Waals surface area contributed by atoms with Gasteiger partial charge in [-0.2, -0.15) is 0 Å². The van der Waals surface area contributed by atoms with E-state index < -0.39 is 30.1 Å². The highest BCUT2D eigenvalue weighted by atomic mass is 16.8. The number of carbonyl (C=O) groups excluding carboxylic acids is 1. The van der Waals surface area contributed by atoms with E-state index in [0.717, 1.165) is 0 Å². The Bertz CT molecular complexity index is 337. The second kappa shape index (κ2) is 4.36. The Morgan fingerprint density at radius 1 is 1.47 bits per heavy atom. The summed E-state index contributed by atoms with van der Waals surface area (Å²) in [6, 6.07) is 0. The van der Waals surface area contributed by atoms with Crippen LogP contribution in [0.15, 0.2) is 0 Å². The predicted molar refractivity (Wildman–Crippen MR) is 55.4 cm³/mol. The number of ether oxygens (including phenoxy) is 3. The molecule has 0 aromatic carbocycles. The summed E-state index contributed by atoms with van der Waals surface area (Å²) in [5.41, 5.74) is 0. The fraction of sp³-hybridized carbons (Fsp3) is 0.818. The van der Waals surface area contributed by atoms with Crippen LogP contribution in [-0.2, 0) is 23.8 Å². The van der Waals surface area contributed by atoms with Crippen LogP contribution in [0.4, 0.5) is 0 Å². The Morgan fingerprint density at radius 2 is 2.18 bits per heavy atom. The number of Topliss-reactive ketones (excluding diaryl/α,β-unsaturated/α-hetero) is 1. The van der Waals surface area contributed by atoms with Crippen LogP contribution in [-0.4, -0.2) is 47.6 Å². The summed E-state index contributed by atoms with van der Waals surface area (Å²) in [7, 11) is 0. The van der Waals surface area contributed by atoms with E-state index in [0.29, 0.717) is 13.0 Å². The molecule has 6 heteroatoms. The minimum atomic E-state index is -0.980. The van der Waals surface area contributed by atoms with E-state index in [9.17, 15) is 9.59 Å². The van der Waals surface area contributed by atoms with Crippen LogP contribution in [0.5, 0.6) is 0 Å². The SMILES string of the molecule is CC1(C)O[C@@H]([C@H]2OCCC2=O)[C@@H](CC(=O)O)O1. The second-order valence-electron chi connectivity index (χ2n) is 4.74. The number of carboxylic acid groups (broad SMARTS) is 1. The van der Waals surface area contributed by atoms with Gasteiger partial charge in [-0.1, -0.05) is 0 Å². The van der Waals surface area contributed by atoms with E-state index in [-0.39, 0.29) is 12.2 Å². The molecule has 0 saturated carbocycles. The van der Waals surface area contributed by atoms with Crippen molar-refractivity contribution in [3.05, 3.63) is 0 Å². The summed E-state index contributed by atoms with van der Waals surface area (Å²) in [6.45, 7) is 3.76. The molecule has 2 aliphatic heterocycles. The van der Waals surface area contributed by atoms with E-state index in [1.54, 1.807) is 13.8 Å². The molecule has 0 radical (unpaired) electrons. The third-order valence-electron chi connectivity index (χ3n) is 2.86. The zero-order valence-corrected chi connectivity index (χ0v) is 9.84. The van der Waals surface area contributed by atoms with Crippen molar-refractivity contribution in [3.63, 3.8) is 0 Å². The molecule has 0 aromatic rings. The van der Waals surface area contributed by atoms with Crippen LogP contribution in [0.25, 0.3) is 0 Å². The summed E-state index contributed by atoms with van der Waals surface area (Å²) in [5, 5.41) is 8.81. The van der Waals surface area contributed by atoms with E-state index in [1.807, 2.05) is 0 Å². The van der Waals surface area contributed by atoms with Crippen LogP contribution < -0.4 is 0 Å². The maximum atomic E-state index is 11.6. The van der Waals surface area contributed by atoms with Gasteiger partial charge in [0.1, 0.15) is 18.3 Å². The summed E-state index contributed by atoms with van der Waals surface area (Å²) in [4.78, 5) is 22.3. The van der Waals surface area contributed by atoms with Crippen LogP contribution in [0.3, 0.4) is 0 Å². The first-order valence-electron chi connectivity index (χ1n) is 5.61. The minimum Gasteiger partial charge on any atom is -0.481 e. The molecule has 96 valence electrons. The number of hydrogen-bond donors (Lipinski definition) is 1. The van der Waals surface area contributed by atoms with Crippen molar-refractivity contribution in [2.75, 3.05) is 6.61 Å². The first-order chi connectivity index (χ1) is 7.89. The van der Waals surface area contributed by atoms with E-state index >= 15 is 0 Å². The Labute approximate surface area is 98.8 Å². The van der Waals surface area contributed by atoms with Crippen LogP contribution >= 0.6 is 0 Å². The van der Waals surface area contributed by atoms with Gasteiger partial charge < -0.3 is 19.3 Å². The van der Waals surface area contributed by atoms with Gasteiger partial charge in [0, 0.05) is 6.42 Å². The van der Waals surface area contributed by atoms with Gasteiger partial charge in [-0.25, -0.2) is 0 Å². The van der Waals surface area contributed by atoms with Gasteiger partial charge in [-0.15, -0.1) is 0 Å². The molecule has 2 heterocycles. The molecule has 0 amide bonds. The molecule has 0 aromatic heterocycles. The van der Waals surface area contributed by atoms with Gasteiger partial charge in [-0.3, -0.25) is 9.59 Å². The number of carboxylic acids is 1. The van der Waals surface area contributed by atoms with Gasteiger partial charge in [0.2, 0.25) is 0 Å². The number of rotatable bonds is 3. The molecule has 0 spiro atoms. The number of ketones is 1. The van der Waals surface area contributed by atoms with Crippen molar-refractivity contribution in [2.24, 2.45) is 0 Å². The lowest BCUT2D eigenvalue weighted by Crippen LogP contribution is -2.40. The predicted octanol–water partition coefficient (Wildman–Crippen LogP) is 0.339.